The summed E-state index contributed by atoms with van der Waals surface area (Å²) in [6.07, 6.45) is 4.54. The monoisotopic (exact) mass is 468 g/mol. The van der Waals surface area contributed by atoms with Crippen LogP contribution in [0.25, 0.3) is 0 Å². The quantitative estimate of drug-likeness (QED) is 0.466. The Kier molecular flexibility index (Phi) is 6.49. The Balaban J connectivity index is 2.09. The molecular formula is C23H29ClO8. The van der Waals surface area contributed by atoms with E-state index in [2.05, 4.69) is 0 Å². The van der Waals surface area contributed by atoms with Crippen LogP contribution in [0.4, 0.5) is 0 Å². The van der Waals surface area contributed by atoms with E-state index in [0.717, 1.165) is 0 Å². The Bertz CT molecular complexity index is 946. The number of carbonyl (C=O) groups is 2. The Morgan fingerprint density at radius 3 is 2.38 bits per heavy atom. The van der Waals surface area contributed by atoms with E-state index in [-0.39, 0.29) is 11.0 Å². The molecule has 0 bridgehead atoms. The first-order valence-corrected chi connectivity index (χ1v) is 10.9. The second-order valence-electron chi connectivity index (χ2n) is 9.04. The molecule has 2 aliphatic heterocycles. The van der Waals surface area contributed by atoms with Crippen LogP contribution >= 0.6 is 11.6 Å². The zero-order valence-corrected chi connectivity index (χ0v) is 19.3. The molecule has 0 aromatic carbocycles. The fourth-order valence-corrected chi connectivity index (χ4v) is 4.80. The molecule has 3 rings (SSSR count). The fraction of sp³-hybridized carbons (Fsp3) is 0.565. The number of carboxylic acids is 1. The van der Waals surface area contributed by atoms with Crippen molar-refractivity contribution in [2.45, 2.75) is 58.2 Å². The summed E-state index contributed by atoms with van der Waals surface area (Å²) in [6, 6.07) is 0. The van der Waals surface area contributed by atoms with E-state index in [4.69, 9.17) is 21.1 Å². The predicted molar refractivity (Wildman–Crippen MR) is 115 cm³/mol. The number of halogens is 1. The van der Waals surface area contributed by atoms with Crippen molar-refractivity contribution in [3.63, 3.8) is 0 Å². The summed E-state index contributed by atoms with van der Waals surface area (Å²) in [5, 5.41) is 40.9. The Hall–Kier alpha value is -1.97. The molecule has 8 atom stereocenters. The molecule has 0 unspecified atom stereocenters. The van der Waals surface area contributed by atoms with Crippen molar-refractivity contribution in [1.82, 2.24) is 0 Å². The number of carboxylic acid groups (broad SMARTS) is 1. The Labute approximate surface area is 191 Å². The minimum absolute atomic E-state index is 0.151. The summed E-state index contributed by atoms with van der Waals surface area (Å²) >= 11 is 6.40. The van der Waals surface area contributed by atoms with E-state index in [1.54, 1.807) is 19.1 Å². The van der Waals surface area contributed by atoms with Gasteiger partial charge in [-0.2, -0.15) is 0 Å². The van der Waals surface area contributed by atoms with Crippen molar-refractivity contribution >= 4 is 23.4 Å². The smallest absolute Gasteiger partial charge is 0.312 e. The number of fused-ring (bicyclic) bond motifs is 3. The van der Waals surface area contributed by atoms with E-state index in [1.807, 2.05) is 6.92 Å². The minimum atomic E-state index is -2.32. The van der Waals surface area contributed by atoms with Gasteiger partial charge in [-0.25, -0.2) is 0 Å². The molecule has 0 aromatic rings. The average Bonchev–Trinajstić information content (AvgIpc) is 2.98. The van der Waals surface area contributed by atoms with Crippen LogP contribution in [-0.4, -0.2) is 55.8 Å². The van der Waals surface area contributed by atoms with Crippen molar-refractivity contribution in [3.05, 3.63) is 46.4 Å². The molecule has 0 saturated carbocycles. The van der Waals surface area contributed by atoms with Crippen LogP contribution < -0.4 is 0 Å². The molecule has 1 saturated heterocycles. The standard InChI is InChI=1S/C23H29ClO8/c1-10(12(3)25)6-7-14-8-15-16(9-31-14)17-18(21(28)29)23(30,11(2)13(4)26)32-22(17,5)20(27)19(15)24/h6-13,17-18,25-26,30H,1-5H3,(H,28,29)/b7-6+/t10-,11+,12-,13-,17-,18+,22+,23+/m0/s1. The molecule has 0 spiro atoms. The van der Waals surface area contributed by atoms with Crippen LogP contribution in [0.2, 0.25) is 0 Å². The fourth-order valence-electron chi connectivity index (χ4n) is 4.45. The second kappa shape index (κ2) is 8.43. The molecule has 3 aliphatic rings. The third-order valence-corrected chi connectivity index (χ3v) is 7.23. The summed E-state index contributed by atoms with van der Waals surface area (Å²) in [6.45, 7) is 7.74. The summed E-state index contributed by atoms with van der Waals surface area (Å²) in [5.74, 6) is -7.83. The average molecular weight is 469 g/mol. The lowest BCUT2D eigenvalue weighted by Gasteiger charge is -2.37. The number of carbonyl (C=O) groups excluding carboxylic acids is 1. The summed E-state index contributed by atoms with van der Waals surface area (Å²) in [4.78, 5) is 25.6. The number of allylic oxidation sites excluding steroid dienone is 3. The molecule has 176 valence electrons. The lowest BCUT2D eigenvalue weighted by atomic mass is 9.66. The largest absolute Gasteiger partial charge is 0.481 e. The maximum absolute atomic E-state index is 13.3. The number of hydrogen-bond acceptors (Lipinski definition) is 7. The number of aliphatic carboxylic acids is 1. The van der Waals surface area contributed by atoms with Gasteiger partial charge in [0.05, 0.1) is 23.5 Å². The summed E-state index contributed by atoms with van der Waals surface area (Å²) in [7, 11) is 0. The number of rotatable bonds is 6. The van der Waals surface area contributed by atoms with Crippen molar-refractivity contribution in [2.24, 2.45) is 23.7 Å². The van der Waals surface area contributed by atoms with E-state index in [0.29, 0.717) is 16.9 Å². The molecule has 2 heterocycles. The van der Waals surface area contributed by atoms with Crippen LogP contribution in [0.3, 0.4) is 0 Å². The first kappa shape index (κ1) is 24.7. The van der Waals surface area contributed by atoms with E-state index >= 15 is 0 Å². The predicted octanol–water partition coefficient (Wildman–Crippen LogP) is 2.24. The van der Waals surface area contributed by atoms with Gasteiger partial charge in [-0.05, 0) is 32.9 Å². The van der Waals surface area contributed by atoms with E-state index in [9.17, 15) is 30.0 Å². The molecule has 4 N–H and O–H groups in total. The van der Waals surface area contributed by atoms with Gasteiger partial charge in [0.15, 0.2) is 5.79 Å². The third kappa shape index (κ3) is 3.74. The normalized spacial score (nSPS) is 36.0. The zero-order chi connectivity index (χ0) is 24.2. The van der Waals surface area contributed by atoms with Gasteiger partial charge >= 0.3 is 5.97 Å². The molecule has 0 aromatic heterocycles. The number of ketones is 1. The number of aliphatic hydroxyl groups is 3. The van der Waals surface area contributed by atoms with Crippen molar-refractivity contribution in [2.75, 3.05) is 0 Å². The van der Waals surface area contributed by atoms with Gasteiger partial charge < -0.3 is 29.9 Å². The van der Waals surface area contributed by atoms with Gasteiger partial charge in [0.1, 0.15) is 17.3 Å². The SMILES string of the molecule is C[C@H](O)[C@@H](C)[C@@]1(O)O[C@@]2(C)C(=O)C(Cl)=C3C=C(/C=C/[C@H](C)[C@H](C)O)OC=C3[C@H]2[C@@H]1C(=O)O. The Morgan fingerprint density at radius 1 is 1.22 bits per heavy atom. The third-order valence-electron chi connectivity index (χ3n) is 6.86. The van der Waals surface area contributed by atoms with Crippen LogP contribution in [0.1, 0.15) is 34.6 Å². The lowest BCUT2D eigenvalue weighted by Crippen LogP contribution is -2.50. The first-order chi connectivity index (χ1) is 14.8. The molecule has 8 nitrogen and oxygen atoms in total. The maximum atomic E-state index is 13.3. The number of hydrogen-bond donors (Lipinski definition) is 4. The second-order valence-corrected chi connectivity index (χ2v) is 9.42. The summed E-state index contributed by atoms with van der Waals surface area (Å²) in [5.41, 5.74) is -1.16. The van der Waals surface area contributed by atoms with Crippen molar-refractivity contribution < 1.29 is 39.5 Å². The molecule has 1 aliphatic carbocycles. The molecule has 32 heavy (non-hydrogen) atoms. The van der Waals surface area contributed by atoms with Gasteiger partial charge in [-0.1, -0.05) is 31.5 Å². The topological polar surface area (TPSA) is 134 Å². The lowest BCUT2D eigenvalue weighted by molar-refractivity contribution is -0.268. The molecular weight excluding hydrogens is 440 g/mol. The highest BCUT2D eigenvalue weighted by Gasteiger charge is 2.70. The number of Topliss-reactive ketones (excluding diaryl/α,β-unsaturated/α-hetero) is 1. The van der Waals surface area contributed by atoms with E-state index < -0.39 is 53.1 Å². The zero-order valence-electron chi connectivity index (χ0n) is 18.6. The van der Waals surface area contributed by atoms with Gasteiger partial charge in [0.25, 0.3) is 0 Å². The van der Waals surface area contributed by atoms with Gasteiger partial charge in [0.2, 0.25) is 5.78 Å². The van der Waals surface area contributed by atoms with Crippen LogP contribution in [-0.2, 0) is 19.1 Å². The van der Waals surface area contributed by atoms with Crippen LogP contribution in [0, 0.1) is 23.7 Å². The molecule has 0 amide bonds. The molecule has 0 radical (unpaired) electrons. The maximum Gasteiger partial charge on any atom is 0.312 e. The first-order valence-electron chi connectivity index (χ1n) is 10.5. The number of ether oxygens (including phenoxy) is 2. The van der Waals surface area contributed by atoms with Crippen LogP contribution in [0.5, 0.6) is 0 Å². The van der Waals surface area contributed by atoms with Gasteiger partial charge in [0, 0.05) is 28.9 Å². The van der Waals surface area contributed by atoms with Gasteiger partial charge in [-0.3, -0.25) is 9.59 Å². The highest BCUT2D eigenvalue weighted by molar-refractivity contribution is 6.45. The minimum Gasteiger partial charge on any atom is -0.481 e. The van der Waals surface area contributed by atoms with Crippen molar-refractivity contribution in [1.29, 1.82) is 0 Å². The van der Waals surface area contributed by atoms with Crippen molar-refractivity contribution in [3.8, 4) is 0 Å². The Morgan fingerprint density at radius 2 is 1.84 bits per heavy atom. The van der Waals surface area contributed by atoms with Crippen LogP contribution in [0.15, 0.2) is 46.4 Å². The number of aliphatic hydroxyl groups excluding tert-OH is 2. The summed E-state index contributed by atoms with van der Waals surface area (Å²) < 4.78 is 11.5. The molecule has 1 fully saturated rings. The highest BCUT2D eigenvalue weighted by atomic mass is 35.5. The van der Waals surface area contributed by atoms with E-state index in [1.165, 1.54) is 33.1 Å². The van der Waals surface area contributed by atoms with Gasteiger partial charge in [-0.15, -0.1) is 0 Å². The molecule has 9 heteroatoms. The highest BCUT2D eigenvalue weighted by Crippen LogP contribution is 2.58.